The molecule has 0 amide bonds. The number of rotatable bonds is 47. The number of hydrogen-bond donors (Lipinski definition) is 0. The van der Waals surface area contributed by atoms with Crippen LogP contribution in [0.15, 0.2) is 97.2 Å². The molecule has 6 nitrogen and oxygen atoms in total. The fraction of sp³-hybridized carbons (Fsp3) is 0.678. The number of carbonyl (C=O) groups excluding carboxylic acids is 3. The first-order valence-corrected chi connectivity index (χ1v) is 26.8. The van der Waals surface area contributed by atoms with Gasteiger partial charge in [0.05, 0.1) is 0 Å². The Morgan fingerprint density at radius 2 is 0.600 bits per heavy atom. The maximum atomic E-state index is 12.8. The average molecular weight is 903 g/mol. The van der Waals surface area contributed by atoms with Crippen LogP contribution in [-0.4, -0.2) is 37.2 Å². The fourth-order valence-electron chi connectivity index (χ4n) is 7.29. The van der Waals surface area contributed by atoms with Gasteiger partial charge in [-0.05, 0) is 57.8 Å². The number of ether oxygens (including phenoxy) is 3. The van der Waals surface area contributed by atoms with Gasteiger partial charge in [-0.3, -0.25) is 14.4 Å². The van der Waals surface area contributed by atoms with Crippen molar-refractivity contribution >= 4 is 17.9 Å². The molecular formula is C59H98O6. The molecule has 0 aromatic heterocycles. The molecule has 0 bridgehead atoms. The van der Waals surface area contributed by atoms with E-state index in [-0.39, 0.29) is 31.1 Å². The van der Waals surface area contributed by atoms with Crippen LogP contribution in [0.5, 0.6) is 0 Å². The summed E-state index contributed by atoms with van der Waals surface area (Å²) in [6.07, 6.45) is 69.7. The van der Waals surface area contributed by atoms with E-state index in [9.17, 15) is 14.4 Å². The highest BCUT2D eigenvalue weighted by Gasteiger charge is 2.19. The van der Waals surface area contributed by atoms with Crippen LogP contribution in [0.4, 0.5) is 0 Å². The Balaban J connectivity index is 4.42. The molecule has 0 aliphatic heterocycles. The van der Waals surface area contributed by atoms with E-state index in [1.165, 1.54) is 103 Å². The number of unbranched alkanes of at least 4 members (excludes halogenated alkanes) is 26. The predicted octanol–water partition coefficient (Wildman–Crippen LogP) is 17.8. The Morgan fingerprint density at radius 1 is 0.323 bits per heavy atom. The summed E-state index contributed by atoms with van der Waals surface area (Å²) in [4.78, 5) is 38.0. The molecule has 0 radical (unpaired) electrons. The predicted molar refractivity (Wildman–Crippen MR) is 279 cm³/mol. The first-order valence-electron chi connectivity index (χ1n) is 26.8. The summed E-state index contributed by atoms with van der Waals surface area (Å²) in [5, 5.41) is 0. The lowest BCUT2D eigenvalue weighted by Gasteiger charge is -2.18. The van der Waals surface area contributed by atoms with Gasteiger partial charge in [0.1, 0.15) is 13.2 Å². The second kappa shape index (κ2) is 52.9. The van der Waals surface area contributed by atoms with E-state index in [4.69, 9.17) is 14.2 Å². The van der Waals surface area contributed by atoms with Gasteiger partial charge in [-0.15, -0.1) is 0 Å². The van der Waals surface area contributed by atoms with Crippen molar-refractivity contribution in [2.75, 3.05) is 13.2 Å². The van der Waals surface area contributed by atoms with Crippen molar-refractivity contribution in [2.24, 2.45) is 0 Å². The van der Waals surface area contributed by atoms with Gasteiger partial charge >= 0.3 is 17.9 Å². The number of allylic oxidation sites excluding steroid dienone is 16. The molecule has 0 aliphatic carbocycles. The van der Waals surface area contributed by atoms with Crippen molar-refractivity contribution in [1.82, 2.24) is 0 Å². The summed E-state index contributed by atoms with van der Waals surface area (Å²) >= 11 is 0. The zero-order chi connectivity index (χ0) is 47.2. The molecule has 0 saturated heterocycles. The van der Waals surface area contributed by atoms with Crippen molar-refractivity contribution < 1.29 is 28.6 Å². The van der Waals surface area contributed by atoms with E-state index < -0.39 is 6.10 Å². The van der Waals surface area contributed by atoms with E-state index >= 15 is 0 Å². The lowest BCUT2D eigenvalue weighted by atomic mass is 10.0. The number of carbonyl (C=O) groups is 3. The summed E-state index contributed by atoms with van der Waals surface area (Å²) in [6, 6.07) is 0. The molecule has 6 heteroatoms. The monoisotopic (exact) mass is 903 g/mol. The zero-order valence-electron chi connectivity index (χ0n) is 42.2. The molecule has 1 unspecified atom stereocenters. The second-order valence-corrected chi connectivity index (χ2v) is 17.6. The normalized spacial score (nSPS) is 12.8. The van der Waals surface area contributed by atoms with Crippen LogP contribution in [0.3, 0.4) is 0 Å². The Bertz CT molecular complexity index is 1310. The molecule has 0 N–H and O–H groups in total. The minimum Gasteiger partial charge on any atom is -0.462 e. The third-order valence-corrected chi connectivity index (χ3v) is 11.3. The van der Waals surface area contributed by atoms with Crippen LogP contribution in [0.1, 0.15) is 239 Å². The average Bonchev–Trinajstić information content (AvgIpc) is 3.30. The minimum atomic E-state index is -0.805. The molecular weight excluding hydrogens is 805 g/mol. The lowest BCUT2D eigenvalue weighted by molar-refractivity contribution is -0.167. The van der Waals surface area contributed by atoms with E-state index in [0.29, 0.717) is 19.3 Å². The van der Waals surface area contributed by atoms with Crippen LogP contribution in [0.2, 0.25) is 0 Å². The van der Waals surface area contributed by atoms with Crippen LogP contribution >= 0.6 is 0 Å². The number of esters is 3. The maximum Gasteiger partial charge on any atom is 0.306 e. The molecule has 0 fully saturated rings. The highest BCUT2D eigenvalue weighted by atomic mass is 16.6. The van der Waals surface area contributed by atoms with Crippen molar-refractivity contribution in [3.63, 3.8) is 0 Å². The van der Waals surface area contributed by atoms with Gasteiger partial charge < -0.3 is 14.2 Å². The molecule has 0 spiro atoms. The van der Waals surface area contributed by atoms with E-state index in [1.54, 1.807) is 0 Å². The SMILES string of the molecule is CC\C=C/C=C\C=C/C=C\CCCCCCCC(=O)OC(COC(=O)CCCCC\C=C/C=C\C=C/C=C\CC)COC(=O)CCCCCCCCCCCCCCCCCCCCC. The van der Waals surface area contributed by atoms with Crippen molar-refractivity contribution in [1.29, 1.82) is 0 Å². The van der Waals surface area contributed by atoms with Crippen molar-refractivity contribution in [2.45, 2.75) is 245 Å². The van der Waals surface area contributed by atoms with Crippen molar-refractivity contribution in [3.05, 3.63) is 97.2 Å². The van der Waals surface area contributed by atoms with Gasteiger partial charge in [-0.25, -0.2) is 0 Å². The van der Waals surface area contributed by atoms with Gasteiger partial charge in [0.25, 0.3) is 0 Å². The standard InChI is InChI=1S/C59H98O6/c1-4-7-10-13-16-19-22-25-27-28-29-30-32-34-37-40-43-46-49-52-58(61)64-55-56(54-63-57(60)51-48-45-42-39-36-33-24-21-18-15-12-9-6-3)65-59(62)53-50-47-44-41-38-35-31-26-23-20-17-14-11-8-5-2/h8-9,11-12,14-15,17-18,20-21,23-24,26,31,33,36,56H,4-7,10,13,16,19,22,25,27-30,32,34-35,37-55H2,1-3H3/b11-8-,12-9-,17-14-,18-15-,23-20-,24-21-,31-26-,36-33-. The highest BCUT2D eigenvalue weighted by molar-refractivity contribution is 5.71. The van der Waals surface area contributed by atoms with Gasteiger partial charge in [-0.1, -0.05) is 259 Å². The summed E-state index contributed by atoms with van der Waals surface area (Å²) in [5.41, 5.74) is 0. The third kappa shape index (κ3) is 51.2. The Hall–Kier alpha value is -3.67. The molecule has 0 rings (SSSR count). The second-order valence-electron chi connectivity index (χ2n) is 17.6. The van der Waals surface area contributed by atoms with Gasteiger partial charge in [0.2, 0.25) is 0 Å². The third-order valence-electron chi connectivity index (χ3n) is 11.3. The molecule has 65 heavy (non-hydrogen) atoms. The van der Waals surface area contributed by atoms with E-state index in [2.05, 4.69) is 63.3 Å². The number of hydrogen-bond acceptors (Lipinski definition) is 6. The van der Waals surface area contributed by atoms with Gasteiger partial charge in [-0.2, -0.15) is 0 Å². The lowest BCUT2D eigenvalue weighted by Crippen LogP contribution is -2.30. The summed E-state index contributed by atoms with van der Waals surface area (Å²) < 4.78 is 16.8. The molecule has 0 aromatic carbocycles. The minimum absolute atomic E-state index is 0.0993. The van der Waals surface area contributed by atoms with Crippen LogP contribution in [0.25, 0.3) is 0 Å². The largest absolute Gasteiger partial charge is 0.462 e. The molecule has 370 valence electrons. The first kappa shape index (κ1) is 61.3. The smallest absolute Gasteiger partial charge is 0.306 e. The Kier molecular flexibility index (Phi) is 50.0. The van der Waals surface area contributed by atoms with Gasteiger partial charge in [0.15, 0.2) is 6.10 Å². The van der Waals surface area contributed by atoms with Crippen LogP contribution < -0.4 is 0 Å². The summed E-state index contributed by atoms with van der Waals surface area (Å²) in [6.45, 7) is 6.31. The first-order chi connectivity index (χ1) is 32.0. The summed E-state index contributed by atoms with van der Waals surface area (Å²) in [5.74, 6) is -0.962. The topological polar surface area (TPSA) is 78.9 Å². The zero-order valence-corrected chi connectivity index (χ0v) is 42.2. The Morgan fingerprint density at radius 3 is 0.954 bits per heavy atom. The van der Waals surface area contributed by atoms with E-state index in [0.717, 1.165) is 96.3 Å². The van der Waals surface area contributed by atoms with E-state index in [1.807, 2.05) is 54.7 Å². The molecule has 0 aliphatic rings. The highest BCUT2D eigenvalue weighted by Crippen LogP contribution is 2.16. The summed E-state index contributed by atoms with van der Waals surface area (Å²) in [7, 11) is 0. The van der Waals surface area contributed by atoms with Crippen LogP contribution in [-0.2, 0) is 28.6 Å². The van der Waals surface area contributed by atoms with Gasteiger partial charge in [0, 0.05) is 19.3 Å². The Labute approximate surface area is 400 Å². The molecule has 1 atom stereocenters. The quantitative estimate of drug-likeness (QED) is 0.0262. The fourth-order valence-corrected chi connectivity index (χ4v) is 7.29. The molecule has 0 heterocycles. The van der Waals surface area contributed by atoms with Crippen LogP contribution in [0, 0.1) is 0 Å². The molecule has 0 aromatic rings. The van der Waals surface area contributed by atoms with Crippen molar-refractivity contribution in [3.8, 4) is 0 Å². The molecule has 0 saturated carbocycles. The maximum absolute atomic E-state index is 12.8.